The van der Waals surface area contributed by atoms with E-state index in [0.29, 0.717) is 18.9 Å². The predicted octanol–water partition coefficient (Wildman–Crippen LogP) is 2.32. The first-order chi connectivity index (χ1) is 7.99. The van der Waals surface area contributed by atoms with Gasteiger partial charge in [0.05, 0.1) is 18.4 Å². The second-order valence-electron chi connectivity index (χ2n) is 5.05. The van der Waals surface area contributed by atoms with Crippen LogP contribution in [0, 0.1) is 23.7 Å². The van der Waals surface area contributed by atoms with Crippen LogP contribution in [0.1, 0.15) is 40.0 Å². The van der Waals surface area contributed by atoms with E-state index < -0.39 is 17.8 Å². The minimum atomic E-state index is -0.873. The van der Waals surface area contributed by atoms with E-state index in [1.165, 1.54) is 0 Å². The normalized spacial score (nSPS) is 33.1. The van der Waals surface area contributed by atoms with Crippen LogP contribution in [0.3, 0.4) is 0 Å². The molecular formula is C13H22O4. The van der Waals surface area contributed by atoms with Crippen molar-refractivity contribution in [2.24, 2.45) is 23.7 Å². The van der Waals surface area contributed by atoms with Gasteiger partial charge in [-0.25, -0.2) is 0 Å². The van der Waals surface area contributed by atoms with Crippen LogP contribution in [0.15, 0.2) is 0 Å². The SMILES string of the molecule is CCCOC(=O)C1CCC(C)C(C)C1C(=O)O. The second kappa shape index (κ2) is 6.03. The van der Waals surface area contributed by atoms with Crippen molar-refractivity contribution in [2.75, 3.05) is 6.61 Å². The Kier molecular flexibility index (Phi) is 4.97. The number of ether oxygens (including phenoxy) is 1. The van der Waals surface area contributed by atoms with Crippen LogP contribution in [0.4, 0.5) is 0 Å². The number of rotatable bonds is 4. The van der Waals surface area contributed by atoms with Gasteiger partial charge in [0.2, 0.25) is 0 Å². The van der Waals surface area contributed by atoms with Gasteiger partial charge in [0.1, 0.15) is 0 Å². The number of hydrogen-bond acceptors (Lipinski definition) is 3. The number of carboxylic acids is 1. The quantitative estimate of drug-likeness (QED) is 0.768. The zero-order chi connectivity index (χ0) is 13.0. The molecule has 1 rings (SSSR count). The van der Waals surface area contributed by atoms with Crippen LogP contribution in [-0.2, 0) is 14.3 Å². The van der Waals surface area contributed by atoms with E-state index in [4.69, 9.17) is 4.74 Å². The molecule has 1 saturated carbocycles. The fraction of sp³-hybridized carbons (Fsp3) is 0.846. The predicted molar refractivity (Wildman–Crippen MR) is 63.4 cm³/mol. The number of hydrogen-bond donors (Lipinski definition) is 1. The van der Waals surface area contributed by atoms with E-state index in [0.717, 1.165) is 12.8 Å². The van der Waals surface area contributed by atoms with Crippen LogP contribution < -0.4 is 0 Å². The van der Waals surface area contributed by atoms with Gasteiger partial charge < -0.3 is 9.84 Å². The minimum Gasteiger partial charge on any atom is -0.481 e. The number of carbonyl (C=O) groups excluding carboxylic acids is 1. The maximum Gasteiger partial charge on any atom is 0.309 e. The first-order valence-corrected chi connectivity index (χ1v) is 6.38. The van der Waals surface area contributed by atoms with Gasteiger partial charge in [-0.2, -0.15) is 0 Å². The molecule has 4 nitrogen and oxygen atoms in total. The monoisotopic (exact) mass is 242 g/mol. The summed E-state index contributed by atoms with van der Waals surface area (Å²) in [6, 6.07) is 0. The number of aliphatic carboxylic acids is 1. The van der Waals surface area contributed by atoms with Crippen LogP contribution in [0.25, 0.3) is 0 Å². The second-order valence-corrected chi connectivity index (χ2v) is 5.05. The molecule has 0 bridgehead atoms. The highest BCUT2D eigenvalue weighted by molar-refractivity contribution is 5.81. The first-order valence-electron chi connectivity index (χ1n) is 6.38. The van der Waals surface area contributed by atoms with Gasteiger partial charge in [-0.1, -0.05) is 20.8 Å². The Morgan fingerprint density at radius 3 is 2.47 bits per heavy atom. The lowest BCUT2D eigenvalue weighted by Crippen LogP contribution is -2.41. The summed E-state index contributed by atoms with van der Waals surface area (Å²) >= 11 is 0. The molecule has 0 aliphatic heterocycles. The Hall–Kier alpha value is -1.06. The molecule has 1 N–H and O–H groups in total. The molecule has 4 heteroatoms. The number of carbonyl (C=O) groups is 2. The van der Waals surface area contributed by atoms with Crippen molar-refractivity contribution in [3.05, 3.63) is 0 Å². The van der Waals surface area contributed by atoms with E-state index in [1.807, 2.05) is 20.8 Å². The number of esters is 1. The molecule has 4 unspecified atom stereocenters. The Balaban J connectivity index is 2.75. The van der Waals surface area contributed by atoms with Crippen LogP contribution >= 0.6 is 0 Å². The summed E-state index contributed by atoms with van der Waals surface area (Å²) in [6.45, 7) is 6.27. The molecule has 0 heterocycles. The Bertz CT molecular complexity index is 287. The third-order valence-corrected chi connectivity index (χ3v) is 3.87. The first kappa shape index (κ1) is 14.0. The standard InChI is InChI=1S/C13H22O4/c1-4-7-17-13(16)10-6-5-8(2)9(3)11(10)12(14)15/h8-11H,4-7H2,1-3H3,(H,14,15). The maximum absolute atomic E-state index is 11.8. The third kappa shape index (κ3) is 3.20. The van der Waals surface area contributed by atoms with Crippen molar-refractivity contribution < 1.29 is 19.4 Å². The van der Waals surface area contributed by atoms with Gasteiger partial charge in [-0.15, -0.1) is 0 Å². The number of carboxylic acid groups (broad SMARTS) is 1. The van der Waals surface area contributed by atoms with E-state index in [1.54, 1.807) is 0 Å². The molecule has 0 aromatic carbocycles. The Morgan fingerprint density at radius 2 is 1.94 bits per heavy atom. The molecule has 17 heavy (non-hydrogen) atoms. The summed E-state index contributed by atoms with van der Waals surface area (Å²) < 4.78 is 5.09. The summed E-state index contributed by atoms with van der Waals surface area (Å²) in [5.74, 6) is -1.89. The van der Waals surface area contributed by atoms with Crippen molar-refractivity contribution in [2.45, 2.75) is 40.0 Å². The molecule has 0 aromatic heterocycles. The van der Waals surface area contributed by atoms with Crippen molar-refractivity contribution in [3.63, 3.8) is 0 Å². The highest BCUT2D eigenvalue weighted by atomic mass is 16.5. The summed E-state index contributed by atoms with van der Waals surface area (Å²) in [5.41, 5.74) is 0. The van der Waals surface area contributed by atoms with Crippen LogP contribution in [0.5, 0.6) is 0 Å². The Labute approximate surface area is 102 Å². The van der Waals surface area contributed by atoms with Crippen molar-refractivity contribution in [1.29, 1.82) is 0 Å². The fourth-order valence-electron chi connectivity index (χ4n) is 2.58. The molecule has 0 spiro atoms. The van der Waals surface area contributed by atoms with Gasteiger partial charge in [0, 0.05) is 0 Å². The lowest BCUT2D eigenvalue weighted by atomic mass is 9.68. The van der Waals surface area contributed by atoms with E-state index in [9.17, 15) is 14.7 Å². The van der Waals surface area contributed by atoms with E-state index in [-0.39, 0.29) is 11.9 Å². The van der Waals surface area contributed by atoms with E-state index >= 15 is 0 Å². The van der Waals surface area contributed by atoms with Gasteiger partial charge in [-0.3, -0.25) is 9.59 Å². The molecule has 1 aliphatic rings. The zero-order valence-electron chi connectivity index (χ0n) is 10.8. The van der Waals surface area contributed by atoms with Gasteiger partial charge in [0.25, 0.3) is 0 Å². The molecule has 1 aliphatic carbocycles. The third-order valence-electron chi connectivity index (χ3n) is 3.87. The van der Waals surface area contributed by atoms with Crippen LogP contribution in [-0.4, -0.2) is 23.7 Å². The molecule has 0 amide bonds. The fourth-order valence-corrected chi connectivity index (χ4v) is 2.58. The highest BCUT2D eigenvalue weighted by Crippen LogP contribution is 2.39. The average Bonchev–Trinajstić information content (AvgIpc) is 2.28. The molecule has 1 fully saturated rings. The lowest BCUT2D eigenvalue weighted by molar-refractivity contribution is -0.163. The summed E-state index contributed by atoms with van der Waals surface area (Å²) in [6.07, 6.45) is 2.30. The van der Waals surface area contributed by atoms with Gasteiger partial charge in [0.15, 0.2) is 0 Å². The molecule has 0 saturated heterocycles. The van der Waals surface area contributed by atoms with Crippen molar-refractivity contribution in [3.8, 4) is 0 Å². The molecular weight excluding hydrogens is 220 g/mol. The summed E-state index contributed by atoms with van der Waals surface area (Å²) in [4.78, 5) is 23.1. The highest BCUT2D eigenvalue weighted by Gasteiger charge is 2.43. The minimum absolute atomic E-state index is 0.0282. The molecule has 0 radical (unpaired) electrons. The zero-order valence-corrected chi connectivity index (χ0v) is 10.8. The largest absolute Gasteiger partial charge is 0.481 e. The van der Waals surface area contributed by atoms with Crippen molar-refractivity contribution >= 4 is 11.9 Å². The average molecular weight is 242 g/mol. The van der Waals surface area contributed by atoms with Gasteiger partial charge in [-0.05, 0) is 31.1 Å². The maximum atomic E-state index is 11.8. The molecule has 0 aromatic rings. The molecule has 4 atom stereocenters. The topological polar surface area (TPSA) is 63.6 Å². The Morgan fingerprint density at radius 1 is 1.29 bits per heavy atom. The van der Waals surface area contributed by atoms with Gasteiger partial charge >= 0.3 is 11.9 Å². The molecule has 98 valence electrons. The summed E-state index contributed by atoms with van der Waals surface area (Å²) in [7, 11) is 0. The van der Waals surface area contributed by atoms with E-state index in [2.05, 4.69) is 0 Å². The lowest BCUT2D eigenvalue weighted by Gasteiger charge is -2.36. The van der Waals surface area contributed by atoms with Crippen LogP contribution in [0.2, 0.25) is 0 Å². The summed E-state index contributed by atoms with van der Waals surface area (Å²) in [5, 5.41) is 9.26. The smallest absolute Gasteiger partial charge is 0.309 e. The van der Waals surface area contributed by atoms with Crippen molar-refractivity contribution in [1.82, 2.24) is 0 Å².